The summed E-state index contributed by atoms with van der Waals surface area (Å²) in [6.07, 6.45) is 4.29. The minimum absolute atomic E-state index is 0.0875. The van der Waals surface area contributed by atoms with Gasteiger partial charge in [-0.25, -0.2) is 0 Å². The number of carbonyl (C=O) groups excluding carboxylic acids is 1. The van der Waals surface area contributed by atoms with E-state index < -0.39 is 0 Å². The van der Waals surface area contributed by atoms with Crippen LogP contribution in [0.15, 0.2) is 73.3 Å². The Bertz CT molecular complexity index is 932. The van der Waals surface area contributed by atoms with Gasteiger partial charge < -0.3 is 0 Å². The van der Waals surface area contributed by atoms with Gasteiger partial charge in [0, 0.05) is 0 Å². The normalized spacial score (nSPS) is 26.5. The Morgan fingerprint density at radius 1 is 1.22 bits per heavy atom. The Kier molecular flexibility index (Phi) is 6.80. The number of benzene rings is 2. The van der Waals surface area contributed by atoms with E-state index in [4.69, 9.17) is 4.74 Å². The Balaban J connectivity index is 1.56. The summed E-state index contributed by atoms with van der Waals surface area (Å²) in [5.74, 6) is 0.566. The number of carbonyl (C=O) groups is 1. The van der Waals surface area contributed by atoms with Gasteiger partial charge in [-0.05, 0) is 0 Å². The van der Waals surface area contributed by atoms with Gasteiger partial charge in [0.05, 0.1) is 0 Å². The molecule has 2 aromatic carbocycles. The molecule has 2 fully saturated rings. The predicted molar refractivity (Wildman–Crippen MR) is 128 cm³/mol. The van der Waals surface area contributed by atoms with Crippen LogP contribution in [-0.4, -0.2) is 36.4 Å². The van der Waals surface area contributed by atoms with Gasteiger partial charge >= 0.3 is 198 Å². The molecule has 1 N–H and O–H groups in total. The van der Waals surface area contributed by atoms with Crippen LogP contribution in [0, 0.1) is 16.7 Å². The molecule has 2 saturated carbocycles. The average Bonchev–Trinajstić information content (AvgIpc) is 3.16. The molecule has 32 heavy (non-hydrogen) atoms. The van der Waals surface area contributed by atoms with Crippen molar-refractivity contribution in [3.63, 3.8) is 0 Å². The van der Waals surface area contributed by atoms with Gasteiger partial charge in [0.2, 0.25) is 0 Å². The molecule has 4 nitrogen and oxygen atoms in total. The van der Waals surface area contributed by atoms with Crippen molar-refractivity contribution < 1.29 is 14.6 Å². The minimum atomic E-state index is -0.321. The molecule has 0 radical (unpaired) electrons. The number of hydrogen-bond acceptors (Lipinski definition) is 3. The van der Waals surface area contributed by atoms with Crippen LogP contribution >= 0.6 is 0 Å². The molecule has 2 aromatic rings. The van der Waals surface area contributed by atoms with Crippen molar-refractivity contribution in [3.8, 4) is 0 Å². The van der Waals surface area contributed by atoms with Crippen molar-refractivity contribution in [2.45, 2.75) is 57.2 Å². The van der Waals surface area contributed by atoms with Crippen LogP contribution in [0.2, 0.25) is 5.32 Å². The first kappa shape index (κ1) is 23.1. The molecule has 5 heteroatoms. The second-order valence-corrected chi connectivity index (χ2v) is 11.6. The summed E-state index contributed by atoms with van der Waals surface area (Å²) >= 11 is -0.194. The molecular formula is C27H33NO3Se. The van der Waals surface area contributed by atoms with Crippen LogP contribution in [-0.2, 0) is 11.3 Å². The number of ether oxygens (including phenoxy) is 1. The van der Waals surface area contributed by atoms with Crippen LogP contribution in [0.4, 0.5) is 4.79 Å². The molecule has 2 aliphatic carbocycles. The van der Waals surface area contributed by atoms with E-state index in [1.165, 1.54) is 6.42 Å². The van der Waals surface area contributed by atoms with Crippen LogP contribution in [0.3, 0.4) is 0 Å². The van der Waals surface area contributed by atoms with E-state index >= 15 is 0 Å². The first-order chi connectivity index (χ1) is 15.4. The number of nitrogens with zero attached hydrogens (tertiary/aromatic N) is 1. The summed E-state index contributed by atoms with van der Waals surface area (Å²) < 4.78 is 7.61. The van der Waals surface area contributed by atoms with E-state index in [9.17, 15) is 9.90 Å². The molecule has 0 aromatic heterocycles. The monoisotopic (exact) mass is 499 g/mol. The van der Waals surface area contributed by atoms with Gasteiger partial charge in [0.25, 0.3) is 0 Å². The summed E-state index contributed by atoms with van der Waals surface area (Å²) in [6.45, 7) is 8.89. The van der Waals surface area contributed by atoms with E-state index in [1.807, 2.05) is 70.7 Å². The maximum absolute atomic E-state index is 13.4. The Hall–Kier alpha value is -2.07. The number of fused-ring (bicyclic) bond motifs is 2. The van der Waals surface area contributed by atoms with E-state index in [0.717, 1.165) is 29.3 Å². The van der Waals surface area contributed by atoms with Gasteiger partial charge in [-0.1, -0.05) is 0 Å². The van der Waals surface area contributed by atoms with Gasteiger partial charge in [0.1, 0.15) is 0 Å². The molecule has 4 atom stereocenters. The van der Waals surface area contributed by atoms with Crippen molar-refractivity contribution in [3.05, 3.63) is 84.4 Å². The van der Waals surface area contributed by atoms with Crippen molar-refractivity contribution in [1.29, 1.82) is 0 Å². The van der Waals surface area contributed by atoms with E-state index in [0.29, 0.717) is 5.92 Å². The average molecular weight is 499 g/mol. The topological polar surface area (TPSA) is 49.8 Å². The zero-order valence-electron chi connectivity index (χ0n) is 18.9. The first-order valence-electron chi connectivity index (χ1n) is 11.4. The fourth-order valence-electron chi connectivity index (χ4n) is 5.61. The molecule has 2 bridgehead atoms. The first-order valence-corrected chi connectivity index (χ1v) is 13.3. The fraction of sp³-hybridized carbons (Fsp3) is 0.444. The third kappa shape index (κ3) is 4.14. The van der Waals surface area contributed by atoms with Crippen LogP contribution < -0.4 is 0 Å². The van der Waals surface area contributed by atoms with E-state index in [-0.39, 0.29) is 50.9 Å². The van der Waals surface area contributed by atoms with E-state index in [1.54, 1.807) is 0 Å². The molecule has 0 saturated heterocycles. The Morgan fingerprint density at radius 2 is 1.88 bits per heavy atom. The third-order valence-electron chi connectivity index (χ3n) is 7.85. The summed E-state index contributed by atoms with van der Waals surface area (Å²) in [6, 6.07) is 19.5. The van der Waals surface area contributed by atoms with Crippen molar-refractivity contribution in [2.24, 2.45) is 16.7 Å². The number of amides is 1. The number of aliphatic hydroxyl groups excluding tert-OH is 1. The quantitative estimate of drug-likeness (QED) is 0.371. The molecule has 2 aliphatic rings. The maximum atomic E-state index is 13.4. The van der Waals surface area contributed by atoms with Crippen LogP contribution in [0.1, 0.15) is 50.3 Å². The van der Waals surface area contributed by atoms with Crippen molar-refractivity contribution in [1.82, 2.24) is 3.92 Å². The third-order valence-corrected chi connectivity index (χ3v) is 10.6. The summed E-state index contributed by atoms with van der Waals surface area (Å²) in [4.78, 5) is 13.4. The summed E-state index contributed by atoms with van der Waals surface area (Å²) in [7, 11) is 0. The molecule has 0 heterocycles. The van der Waals surface area contributed by atoms with E-state index in [2.05, 4.69) is 20.4 Å². The van der Waals surface area contributed by atoms with Crippen LogP contribution in [0.5, 0.6) is 0 Å². The summed E-state index contributed by atoms with van der Waals surface area (Å²) in [5.41, 5.74) is 1.95. The van der Waals surface area contributed by atoms with Crippen LogP contribution in [0.25, 0.3) is 0 Å². The molecule has 1 amide bonds. The Labute approximate surface area is 198 Å². The molecule has 0 spiro atoms. The predicted octanol–water partition coefficient (Wildman–Crippen LogP) is 5.78. The molecule has 170 valence electrons. The number of rotatable bonds is 8. The second kappa shape index (κ2) is 9.43. The van der Waals surface area contributed by atoms with Crippen molar-refractivity contribution >= 4 is 21.3 Å². The molecular weight excluding hydrogens is 465 g/mol. The number of hydrogen-bond donors (Lipinski definition) is 1. The fourth-order valence-corrected chi connectivity index (χ4v) is 8.98. The Morgan fingerprint density at radius 3 is 2.44 bits per heavy atom. The standard InChI is InChI=1S/C27H33NO3Se/c1-4-23(21-13-9-6-10-14-21)28(25(30)31-18-20-11-7-5-8-12-20)32-19-27-16-15-22(17-24(27)29)26(27,2)3/h4-14,22-24,29H,1,15-19H2,2-3H3. The van der Waals surface area contributed by atoms with Gasteiger partial charge in [-0.3, -0.25) is 0 Å². The van der Waals surface area contributed by atoms with Gasteiger partial charge in [0.15, 0.2) is 0 Å². The summed E-state index contributed by atoms with van der Waals surface area (Å²) in [5, 5.41) is 11.8. The molecule has 4 rings (SSSR count). The number of aliphatic hydroxyl groups is 1. The molecule has 4 unspecified atom stereocenters. The molecule has 0 aliphatic heterocycles. The SMILES string of the molecule is C=CC(c1ccccc1)N([Se]CC12CCC(CC1O)C2(C)C)C(=O)OCc1ccccc1. The van der Waals surface area contributed by atoms with Crippen molar-refractivity contribution in [2.75, 3.05) is 0 Å². The zero-order chi connectivity index (χ0) is 22.8. The second-order valence-electron chi connectivity index (χ2n) is 9.60. The van der Waals surface area contributed by atoms with Gasteiger partial charge in [-0.2, -0.15) is 0 Å². The zero-order valence-corrected chi connectivity index (χ0v) is 20.7. The van der Waals surface area contributed by atoms with Gasteiger partial charge in [-0.15, -0.1) is 0 Å².